The zero-order valence-electron chi connectivity index (χ0n) is 15.2. The molecule has 1 saturated heterocycles. The molecule has 2 fully saturated rings. The van der Waals surface area contributed by atoms with Crippen LogP contribution < -0.4 is 4.74 Å². The van der Waals surface area contributed by atoms with Crippen LogP contribution in [0.5, 0.6) is 5.75 Å². The number of methoxy groups -OCH3 is 1. The van der Waals surface area contributed by atoms with Crippen LogP contribution in [0.2, 0.25) is 0 Å². The highest BCUT2D eigenvalue weighted by Crippen LogP contribution is 2.44. The lowest BCUT2D eigenvalue weighted by molar-refractivity contribution is -0.148. The van der Waals surface area contributed by atoms with Gasteiger partial charge >= 0.3 is 0 Å². The number of hydrogen-bond donors (Lipinski definition) is 1. The van der Waals surface area contributed by atoms with Gasteiger partial charge in [0, 0.05) is 11.8 Å². The molecule has 0 radical (unpaired) electrons. The van der Waals surface area contributed by atoms with Gasteiger partial charge in [0.1, 0.15) is 11.8 Å². The molecule has 5 heteroatoms. The van der Waals surface area contributed by atoms with Crippen molar-refractivity contribution in [2.45, 2.75) is 30.8 Å². The van der Waals surface area contributed by atoms with E-state index in [-0.39, 0.29) is 30.4 Å². The first kappa shape index (κ1) is 17.6. The van der Waals surface area contributed by atoms with Crippen LogP contribution in [-0.2, 0) is 4.79 Å². The summed E-state index contributed by atoms with van der Waals surface area (Å²) in [6.07, 6.45) is 1.79. The smallest absolute Gasteiger partial charge is 0.227 e. The Morgan fingerprint density at radius 3 is 2.22 bits per heavy atom. The number of nitrogens with zero attached hydrogens (tertiary/aromatic N) is 2. The number of rotatable bonds is 5. The van der Waals surface area contributed by atoms with Gasteiger partial charge in [-0.3, -0.25) is 4.79 Å². The number of ether oxygens (including phenoxy) is 1. The van der Waals surface area contributed by atoms with E-state index in [0.29, 0.717) is 0 Å². The van der Waals surface area contributed by atoms with E-state index in [0.717, 1.165) is 35.3 Å². The number of aliphatic hydroxyl groups is 1. The maximum Gasteiger partial charge on any atom is 0.227 e. The molecule has 1 heterocycles. The summed E-state index contributed by atoms with van der Waals surface area (Å²) < 4.78 is 5.19. The van der Waals surface area contributed by atoms with Crippen LogP contribution in [0.25, 0.3) is 11.1 Å². The molecule has 2 aromatic rings. The van der Waals surface area contributed by atoms with Gasteiger partial charge in [0.25, 0.3) is 0 Å². The third-order valence-electron chi connectivity index (χ3n) is 5.63. The number of nitriles is 1. The van der Waals surface area contributed by atoms with Crippen LogP contribution in [0, 0.1) is 17.2 Å². The summed E-state index contributed by atoms with van der Waals surface area (Å²) in [5, 5.41) is 19.4. The van der Waals surface area contributed by atoms with E-state index in [9.17, 15) is 15.2 Å². The van der Waals surface area contributed by atoms with Gasteiger partial charge in [0.2, 0.25) is 5.91 Å². The molecular formula is C22H22N2O3. The second-order valence-corrected chi connectivity index (χ2v) is 7.22. The fourth-order valence-corrected chi connectivity index (χ4v) is 3.93. The number of carbonyl (C=O) groups is 1. The Morgan fingerprint density at radius 2 is 1.74 bits per heavy atom. The topological polar surface area (TPSA) is 73.6 Å². The average Bonchev–Trinajstić information content (AvgIpc) is 3.54. The molecule has 27 heavy (non-hydrogen) atoms. The predicted octanol–water partition coefficient (Wildman–Crippen LogP) is 2.95. The van der Waals surface area contributed by atoms with Gasteiger partial charge in [-0.2, -0.15) is 5.26 Å². The lowest BCUT2D eigenvalue weighted by Crippen LogP contribution is -2.65. The van der Waals surface area contributed by atoms with E-state index < -0.39 is 6.04 Å². The molecule has 2 aliphatic rings. The van der Waals surface area contributed by atoms with Crippen LogP contribution in [0.4, 0.5) is 0 Å². The molecule has 0 spiro atoms. The maximum absolute atomic E-state index is 12.4. The van der Waals surface area contributed by atoms with E-state index >= 15 is 0 Å². The molecule has 1 aliphatic heterocycles. The fraction of sp³-hybridized carbons (Fsp3) is 0.364. The van der Waals surface area contributed by atoms with E-state index in [4.69, 9.17) is 4.74 Å². The first-order chi connectivity index (χ1) is 13.2. The third-order valence-corrected chi connectivity index (χ3v) is 5.63. The van der Waals surface area contributed by atoms with Crippen molar-refractivity contribution in [1.29, 1.82) is 5.26 Å². The van der Waals surface area contributed by atoms with Gasteiger partial charge in [-0.1, -0.05) is 36.4 Å². The molecule has 138 valence electrons. The van der Waals surface area contributed by atoms with Crippen molar-refractivity contribution in [2.75, 3.05) is 13.7 Å². The number of aliphatic hydroxyl groups excluding tert-OH is 1. The minimum absolute atomic E-state index is 0.0201. The SMILES string of the molecule is COc1ccc(-c2ccc([C@@H]3[C@H](C#N)N(C(=O)C4CC4)[C@H]3CO)cc2)cc1. The minimum Gasteiger partial charge on any atom is -0.497 e. The minimum atomic E-state index is -0.498. The van der Waals surface area contributed by atoms with E-state index in [1.165, 1.54) is 0 Å². The number of hydrogen-bond acceptors (Lipinski definition) is 4. The highest BCUT2D eigenvalue weighted by Gasteiger charge is 2.53. The van der Waals surface area contributed by atoms with Crippen molar-refractivity contribution in [3.8, 4) is 22.9 Å². The number of amides is 1. The van der Waals surface area contributed by atoms with E-state index in [1.807, 2.05) is 48.5 Å². The summed E-state index contributed by atoms with van der Waals surface area (Å²) >= 11 is 0. The molecule has 3 atom stereocenters. The Kier molecular flexibility index (Phi) is 4.59. The van der Waals surface area contributed by atoms with Gasteiger partial charge in [-0.05, 0) is 41.7 Å². The summed E-state index contributed by atoms with van der Waals surface area (Å²) in [6, 6.07) is 17.3. The largest absolute Gasteiger partial charge is 0.497 e. The molecule has 0 unspecified atom stereocenters. The second-order valence-electron chi connectivity index (χ2n) is 7.22. The number of carbonyl (C=O) groups excluding carboxylic acids is 1. The molecule has 0 aromatic heterocycles. The Bertz CT molecular complexity index is 866. The zero-order chi connectivity index (χ0) is 19.0. The molecular weight excluding hydrogens is 340 g/mol. The normalized spacial score (nSPS) is 24.0. The summed E-state index contributed by atoms with van der Waals surface area (Å²) in [5.41, 5.74) is 3.13. The maximum atomic E-state index is 12.4. The van der Waals surface area contributed by atoms with Gasteiger partial charge in [-0.15, -0.1) is 0 Å². The molecule has 0 bridgehead atoms. The first-order valence-electron chi connectivity index (χ1n) is 9.25. The van der Waals surface area contributed by atoms with Crippen LogP contribution in [0.3, 0.4) is 0 Å². The van der Waals surface area contributed by atoms with Crippen LogP contribution in [0.1, 0.15) is 24.3 Å². The second kappa shape index (κ2) is 7.05. The molecule has 2 aromatic carbocycles. The number of benzene rings is 2. The highest BCUT2D eigenvalue weighted by atomic mass is 16.5. The quantitative estimate of drug-likeness (QED) is 0.887. The van der Waals surface area contributed by atoms with E-state index in [1.54, 1.807) is 12.0 Å². The Hall–Kier alpha value is -2.84. The Balaban J connectivity index is 1.55. The monoisotopic (exact) mass is 362 g/mol. The molecule has 4 rings (SSSR count). The van der Waals surface area contributed by atoms with Crippen molar-refractivity contribution in [3.05, 3.63) is 54.1 Å². The summed E-state index contributed by atoms with van der Waals surface area (Å²) in [6.45, 7) is -0.123. The van der Waals surface area contributed by atoms with Crippen molar-refractivity contribution in [1.82, 2.24) is 4.90 Å². The van der Waals surface area contributed by atoms with Crippen LogP contribution >= 0.6 is 0 Å². The number of likely N-dealkylation sites (tertiary alicyclic amines) is 1. The standard InChI is InChI=1S/C22H22N2O3/c1-27-18-10-8-15(9-11-18)14-2-4-16(5-3-14)21-19(12-23)24(20(21)13-25)22(26)17-6-7-17/h2-5,8-11,17,19-21,25H,6-7,13H2,1H3/t19-,20-,21+/m0/s1. The third kappa shape index (κ3) is 3.07. The summed E-state index contributed by atoms with van der Waals surface area (Å²) in [5.74, 6) is 0.737. The van der Waals surface area contributed by atoms with Crippen LogP contribution in [0.15, 0.2) is 48.5 Å². The molecule has 5 nitrogen and oxygen atoms in total. The van der Waals surface area contributed by atoms with Crippen LogP contribution in [-0.4, -0.2) is 41.7 Å². The molecule has 1 N–H and O–H groups in total. The van der Waals surface area contributed by atoms with Gasteiger partial charge in [0.15, 0.2) is 0 Å². The average molecular weight is 362 g/mol. The van der Waals surface area contributed by atoms with Crippen molar-refractivity contribution >= 4 is 5.91 Å². The van der Waals surface area contributed by atoms with Crippen molar-refractivity contribution in [2.24, 2.45) is 5.92 Å². The van der Waals surface area contributed by atoms with Gasteiger partial charge in [-0.25, -0.2) is 0 Å². The predicted molar refractivity (Wildman–Crippen MR) is 101 cm³/mol. The van der Waals surface area contributed by atoms with Crippen molar-refractivity contribution < 1.29 is 14.6 Å². The first-order valence-corrected chi connectivity index (χ1v) is 9.25. The fourth-order valence-electron chi connectivity index (χ4n) is 3.93. The molecule has 1 saturated carbocycles. The lowest BCUT2D eigenvalue weighted by atomic mass is 9.75. The lowest BCUT2D eigenvalue weighted by Gasteiger charge is -2.51. The van der Waals surface area contributed by atoms with E-state index in [2.05, 4.69) is 6.07 Å². The Labute approximate surface area is 158 Å². The van der Waals surface area contributed by atoms with Crippen molar-refractivity contribution in [3.63, 3.8) is 0 Å². The summed E-state index contributed by atoms with van der Waals surface area (Å²) in [7, 11) is 1.64. The zero-order valence-corrected chi connectivity index (χ0v) is 15.2. The van der Waals surface area contributed by atoms with Gasteiger partial charge < -0.3 is 14.7 Å². The summed E-state index contributed by atoms with van der Waals surface area (Å²) in [4.78, 5) is 14.0. The molecule has 1 amide bonds. The Morgan fingerprint density at radius 1 is 1.15 bits per heavy atom. The molecule has 1 aliphatic carbocycles. The van der Waals surface area contributed by atoms with Gasteiger partial charge in [0.05, 0.1) is 25.8 Å². The highest BCUT2D eigenvalue weighted by molar-refractivity contribution is 5.83.